The van der Waals surface area contributed by atoms with Crippen LogP contribution in [0, 0.1) is 23.7 Å². The van der Waals surface area contributed by atoms with Crippen LogP contribution in [0.2, 0.25) is 0 Å². The summed E-state index contributed by atoms with van der Waals surface area (Å²) in [4.78, 5) is 2.39. The van der Waals surface area contributed by atoms with E-state index in [4.69, 9.17) is 4.74 Å². The van der Waals surface area contributed by atoms with E-state index < -0.39 is 22.2 Å². The Labute approximate surface area is 205 Å². The van der Waals surface area contributed by atoms with Gasteiger partial charge in [0.25, 0.3) is 0 Å². The van der Waals surface area contributed by atoms with E-state index in [9.17, 15) is 18.6 Å². The summed E-state index contributed by atoms with van der Waals surface area (Å²) in [6, 6.07) is 4.25. The van der Waals surface area contributed by atoms with Gasteiger partial charge in [0.05, 0.1) is 6.61 Å². The lowest BCUT2D eigenvalue weighted by atomic mass is 9.89. The molecule has 4 atom stereocenters. The Hall–Kier alpha value is -1.63. The van der Waals surface area contributed by atoms with E-state index in [1.807, 2.05) is 6.92 Å². The zero-order valence-corrected chi connectivity index (χ0v) is 21.7. The van der Waals surface area contributed by atoms with E-state index in [-0.39, 0.29) is 35.8 Å². The zero-order valence-electron chi connectivity index (χ0n) is 20.9. The number of likely N-dealkylation sites (N-methyl/N-ethyl adjacent to an activating group) is 1. The van der Waals surface area contributed by atoms with E-state index in [1.54, 1.807) is 26.0 Å². The highest BCUT2D eigenvalue weighted by Gasteiger charge is 2.38. The van der Waals surface area contributed by atoms with E-state index in [2.05, 4.69) is 23.8 Å². The van der Waals surface area contributed by atoms with Gasteiger partial charge in [0, 0.05) is 37.2 Å². The predicted molar refractivity (Wildman–Crippen MR) is 133 cm³/mol. The summed E-state index contributed by atoms with van der Waals surface area (Å²) in [6.45, 7) is 7.01. The molecule has 0 saturated heterocycles. The molecule has 0 unspecified atom stereocenters. The highest BCUT2D eigenvalue weighted by Crippen LogP contribution is 2.34. The molecule has 1 aliphatic heterocycles. The Morgan fingerprint density at radius 1 is 1.21 bits per heavy atom. The van der Waals surface area contributed by atoms with Crippen molar-refractivity contribution in [3.63, 3.8) is 0 Å². The van der Waals surface area contributed by atoms with Crippen molar-refractivity contribution in [3.8, 4) is 17.6 Å². The van der Waals surface area contributed by atoms with Crippen LogP contribution in [0.15, 0.2) is 23.1 Å². The summed E-state index contributed by atoms with van der Waals surface area (Å²) in [5.74, 6) is 6.47. The molecule has 8 heteroatoms. The van der Waals surface area contributed by atoms with Crippen LogP contribution in [0.5, 0.6) is 5.75 Å². The first-order valence-corrected chi connectivity index (χ1v) is 13.9. The minimum atomic E-state index is -3.87. The van der Waals surface area contributed by atoms with Gasteiger partial charge in [0.1, 0.15) is 22.9 Å². The second-order valence-electron chi connectivity index (χ2n) is 10.1. The number of aliphatic hydroxyl groups excluding tert-OH is 2. The summed E-state index contributed by atoms with van der Waals surface area (Å²) < 4.78 is 34.9. The van der Waals surface area contributed by atoms with E-state index in [0.29, 0.717) is 18.0 Å². The van der Waals surface area contributed by atoms with Gasteiger partial charge in [-0.15, -0.1) is 0 Å². The zero-order chi connectivity index (χ0) is 24.9. The Morgan fingerprint density at radius 3 is 2.56 bits per heavy atom. The Balaban J connectivity index is 1.94. The van der Waals surface area contributed by atoms with Crippen LogP contribution in [0.4, 0.5) is 0 Å². The number of sulfonamides is 1. The van der Waals surface area contributed by atoms with E-state index in [1.165, 1.54) is 42.5 Å². The first-order valence-electron chi connectivity index (χ1n) is 12.4. The third kappa shape index (κ3) is 6.73. The number of hydrogen-bond donors (Lipinski definition) is 2. The molecule has 0 bridgehead atoms. The van der Waals surface area contributed by atoms with Crippen LogP contribution in [0.25, 0.3) is 0 Å². The van der Waals surface area contributed by atoms with Gasteiger partial charge in [-0.25, -0.2) is 8.42 Å². The van der Waals surface area contributed by atoms with Crippen LogP contribution < -0.4 is 4.74 Å². The fourth-order valence-corrected chi connectivity index (χ4v) is 6.73. The molecule has 1 heterocycles. The maximum Gasteiger partial charge on any atom is 0.247 e. The molecule has 0 radical (unpaired) electrons. The standard InChI is InChI=1S/C26H40N2O5S/c1-19-15-28(20(2)18-29)34(31,32)26-13-12-22(11-10-21(3)30)14-24(26)33-25(19)17-27(4)16-23-8-6-5-7-9-23/h12-14,19-21,23,25,29-30H,5-9,15-18H2,1-4H3/t19-,20-,21+,25-/m1/s1. The van der Waals surface area contributed by atoms with Gasteiger partial charge in [-0.1, -0.05) is 38.0 Å². The fourth-order valence-electron chi connectivity index (χ4n) is 4.90. The van der Waals surface area contributed by atoms with Gasteiger partial charge in [-0.2, -0.15) is 4.31 Å². The van der Waals surface area contributed by atoms with Crippen LogP contribution in [-0.4, -0.2) is 79.4 Å². The Kier molecular flexibility index (Phi) is 9.41. The molecule has 3 rings (SSSR count). The minimum Gasteiger partial charge on any atom is -0.487 e. The molecular formula is C26H40N2O5S. The number of fused-ring (bicyclic) bond motifs is 1. The van der Waals surface area contributed by atoms with E-state index >= 15 is 0 Å². The third-order valence-electron chi connectivity index (χ3n) is 6.88. The predicted octanol–water partition coefficient (Wildman–Crippen LogP) is 2.70. The number of rotatable bonds is 6. The Morgan fingerprint density at radius 2 is 1.91 bits per heavy atom. The summed E-state index contributed by atoms with van der Waals surface area (Å²) >= 11 is 0. The lowest BCUT2D eigenvalue weighted by Crippen LogP contribution is -2.49. The topological polar surface area (TPSA) is 90.3 Å². The maximum atomic E-state index is 13.5. The Bertz CT molecular complexity index is 979. The van der Waals surface area contributed by atoms with Gasteiger partial charge < -0.3 is 19.8 Å². The monoisotopic (exact) mass is 492 g/mol. The molecule has 2 aliphatic rings. The lowest BCUT2D eigenvalue weighted by Gasteiger charge is -2.38. The highest BCUT2D eigenvalue weighted by molar-refractivity contribution is 7.89. The molecule has 0 aromatic heterocycles. The number of nitrogens with zero attached hydrogens (tertiary/aromatic N) is 2. The van der Waals surface area contributed by atoms with Crippen molar-refractivity contribution >= 4 is 10.0 Å². The van der Waals surface area contributed by atoms with Crippen molar-refractivity contribution in [2.24, 2.45) is 11.8 Å². The molecule has 0 spiro atoms. The van der Waals surface area contributed by atoms with Crippen LogP contribution in [0.3, 0.4) is 0 Å². The van der Waals surface area contributed by atoms with Crippen molar-refractivity contribution in [3.05, 3.63) is 23.8 Å². The van der Waals surface area contributed by atoms with Crippen molar-refractivity contribution in [2.75, 3.05) is 33.3 Å². The fraction of sp³-hybridized carbons (Fsp3) is 0.692. The molecular weight excluding hydrogens is 452 g/mol. The van der Waals surface area contributed by atoms with Gasteiger partial charge in [0.2, 0.25) is 10.0 Å². The SMILES string of the molecule is C[C@H](O)C#Cc1ccc2c(c1)O[C@H](CN(C)CC1CCCCC1)[C@H](C)CN([C@H](C)CO)S2(=O)=O. The molecule has 7 nitrogen and oxygen atoms in total. The second kappa shape index (κ2) is 11.9. The van der Waals surface area contributed by atoms with Crippen LogP contribution in [0.1, 0.15) is 58.4 Å². The van der Waals surface area contributed by atoms with Gasteiger partial charge in [-0.05, 0) is 57.9 Å². The molecule has 1 aromatic rings. The number of ether oxygens (including phenoxy) is 1. The minimum absolute atomic E-state index is 0.0852. The lowest BCUT2D eigenvalue weighted by molar-refractivity contribution is 0.0688. The molecule has 2 N–H and O–H groups in total. The first kappa shape index (κ1) is 27.0. The van der Waals surface area contributed by atoms with Crippen molar-refractivity contribution in [1.29, 1.82) is 0 Å². The van der Waals surface area contributed by atoms with Gasteiger partial charge in [0.15, 0.2) is 0 Å². The normalized spacial score (nSPS) is 25.3. The largest absolute Gasteiger partial charge is 0.487 e. The van der Waals surface area contributed by atoms with Gasteiger partial charge >= 0.3 is 0 Å². The third-order valence-corrected chi connectivity index (χ3v) is 8.90. The first-order chi connectivity index (χ1) is 16.1. The van der Waals surface area contributed by atoms with Crippen molar-refractivity contribution in [2.45, 2.75) is 76.0 Å². The smallest absolute Gasteiger partial charge is 0.247 e. The van der Waals surface area contributed by atoms with Gasteiger partial charge in [-0.3, -0.25) is 0 Å². The number of hydrogen-bond acceptors (Lipinski definition) is 6. The molecule has 34 heavy (non-hydrogen) atoms. The van der Waals surface area contributed by atoms with Crippen molar-refractivity contribution < 1.29 is 23.4 Å². The quantitative estimate of drug-likeness (QED) is 0.594. The average molecular weight is 493 g/mol. The highest BCUT2D eigenvalue weighted by atomic mass is 32.2. The molecule has 190 valence electrons. The van der Waals surface area contributed by atoms with Crippen LogP contribution >= 0.6 is 0 Å². The second-order valence-corrected chi connectivity index (χ2v) is 11.9. The summed E-state index contributed by atoms with van der Waals surface area (Å²) in [5, 5.41) is 19.3. The van der Waals surface area contributed by atoms with E-state index in [0.717, 1.165) is 6.54 Å². The summed E-state index contributed by atoms with van der Waals surface area (Å²) in [7, 11) is -1.76. The average Bonchev–Trinajstić information content (AvgIpc) is 2.80. The molecule has 1 fully saturated rings. The van der Waals surface area contributed by atoms with Crippen molar-refractivity contribution in [1.82, 2.24) is 9.21 Å². The molecule has 1 saturated carbocycles. The maximum absolute atomic E-state index is 13.5. The number of aliphatic hydroxyl groups is 2. The van der Waals surface area contributed by atoms with Crippen LogP contribution in [-0.2, 0) is 10.0 Å². The molecule has 1 aromatic carbocycles. The summed E-state index contributed by atoms with van der Waals surface area (Å²) in [5.41, 5.74) is 0.583. The number of benzene rings is 1. The molecule has 0 amide bonds. The summed E-state index contributed by atoms with van der Waals surface area (Å²) in [6.07, 6.45) is 5.44. The molecule has 1 aliphatic carbocycles.